The predicted octanol–water partition coefficient (Wildman–Crippen LogP) is 27.5. The minimum absolute atomic E-state index is 0.0678. The summed E-state index contributed by atoms with van der Waals surface area (Å²) in [6.07, 6.45) is 0. The average molecular weight is 1440 g/mol. The minimum Gasteiger partial charge on any atom is -0.289 e. The lowest BCUT2D eigenvalue weighted by Gasteiger charge is -2.40. The van der Waals surface area contributed by atoms with Crippen molar-refractivity contribution in [2.75, 3.05) is 0 Å². The maximum absolute atomic E-state index is 15.0. The highest BCUT2D eigenvalue weighted by Crippen LogP contribution is 2.63. The zero-order valence-corrected chi connectivity index (χ0v) is 62.5. The number of hydrogen-bond acceptors (Lipinski definition) is 3. The van der Waals surface area contributed by atoms with Crippen LogP contribution in [-0.2, 0) is 16.2 Å². The van der Waals surface area contributed by atoms with Crippen molar-refractivity contribution in [3.05, 3.63) is 466 Å². The van der Waals surface area contributed by atoms with Gasteiger partial charge in [-0.05, 0) is 228 Å². The topological polar surface area (TPSA) is 34.1 Å². The number of thiophene rings is 1. The van der Waals surface area contributed by atoms with Crippen molar-refractivity contribution in [3.8, 4) is 111 Å². The highest BCUT2D eigenvalue weighted by atomic mass is 32.1. The molecule has 0 unspecified atom stereocenters. The van der Waals surface area contributed by atoms with Gasteiger partial charge in [0.2, 0.25) is 0 Å². The van der Waals surface area contributed by atoms with Gasteiger partial charge in [0.1, 0.15) is 0 Å². The zero-order valence-electron chi connectivity index (χ0n) is 61.7. The molecular weight excluding hydrogens is 1370 g/mol. The third-order valence-electron chi connectivity index (χ3n) is 25.0. The summed E-state index contributed by atoms with van der Waals surface area (Å²) in [4.78, 5) is 29.7. The molecule has 5 aliphatic rings. The third-order valence-corrected chi connectivity index (χ3v) is 26.2. The number of carbonyl (C=O) groups excluding carboxylic acids is 2. The van der Waals surface area contributed by atoms with Crippen LogP contribution < -0.4 is 0 Å². The van der Waals surface area contributed by atoms with Gasteiger partial charge in [0.15, 0.2) is 11.6 Å². The Morgan fingerprint density at radius 2 is 0.482 bits per heavy atom. The molecule has 0 bridgehead atoms. The number of hydrogen-bond donors (Lipinski definition) is 0. The van der Waals surface area contributed by atoms with Crippen LogP contribution in [0.1, 0.15) is 101 Å². The largest absolute Gasteiger partial charge is 0.289 e. The lowest BCUT2D eigenvalue weighted by molar-refractivity contribution is 0.102. The van der Waals surface area contributed by atoms with Crippen molar-refractivity contribution in [3.63, 3.8) is 0 Å². The summed E-state index contributed by atoms with van der Waals surface area (Å²) >= 11 is 1.84. The highest BCUT2D eigenvalue weighted by Gasteiger charge is 2.54. The van der Waals surface area contributed by atoms with E-state index in [-0.39, 0.29) is 17.0 Å². The van der Waals surface area contributed by atoms with E-state index in [9.17, 15) is 4.79 Å². The van der Waals surface area contributed by atoms with Crippen molar-refractivity contribution >= 4 is 43.1 Å². The van der Waals surface area contributed by atoms with E-state index in [0.717, 1.165) is 94.6 Å². The molecule has 2 nitrogen and oxygen atoms in total. The van der Waals surface area contributed by atoms with Crippen molar-refractivity contribution in [2.24, 2.45) is 0 Å². The summed E-state index contributed by atoms with van der Waals surface area (Å²) in [6, 6.07) is 140. The van der Waals surface area contributed by atoms with Gasteiger partial charge < -0.3 is 0 Å². The van der Waals surface area contributed by atoms with Crippen molar-refractivity contribution < 1.29 is 9.59 Å². The second-order valence-corrected chi connectivity index (χ2v) is 32.1. The van der Waals surface area contributed by atoms with E-state index in [2.05, 4.69) is 402 Å². The molecule has 2 spiro atoms. The Morgan fingerprint density at radius 3 is 0.964 bits per heavy atom. The molecule has 0 radical (unpaired) electrons. The molecule has 0 N–H and O–H groups in total. The predicted molar refractivity (Wildman–Crippen MR) is 463 cm³/mol. The molecule has 0 aliphatic heterocycles. The van der Waals surface area contributed by atoms with Crippen molar-refractivity contribution in [2.45, 2.75) is 30.1 Å². The molecule has 5 aliphatic carbocycles. The summed E-state index contributed by atoms with van der Waals surface area (Å²) in [5, 5.41) is 2.55. The highest BCUT2D eigenvalue weighted by molar-refractivity contribution is 7.26. The molecular formula is C109H70O2S. The first-order chi connectivity index (χ1) is 55.1. The number of fused-ring (bicyclic) bond motifs is 24. The van der Waals surface area contributed by atoms with Crippen LogP contribution in [0.25, 0.3) is 131 Å². The fourth-order valence-corrected chi connectivity index (χ4v) is 21.1. The average Bonchev–Trinajstić information content (AvgIpc) is 1.45. The molecule has 0 saturated heterocycles. The van der Waals surface area contributed by atoms with Gasteiger partial charge >= 0.3 is 0 Å². The summed E-state index contributed by atoms with van der Waals surface area (Å²) in [5.41, 5.74) is 36.8. The summed E-state index contributed by atoms with van der Waals surface area (Å²) < 4.78 is 2.55. The van der Waals surface area contributed by atoms with Crippen LogP contribution >= 0.6 is 11.3 Å². The van der Waals surface area contributed by atoms with Gasteiger partial charge in [-0.25, -0.2) is 0 Å². The molecule has 0 saturated carbocycles. The summed E-state index contributed by atoms with van der Waals surface area (Å²) in [7, 11) is 0. The molecule has 17 aromatic carbocycles. The van der Waals surface area contributed by atoms with Gasteiger partial charge in [-0.3, -0.25) is 9.59 Å². The summed E-state index contributed by atoms with van der Waals surface area (Å²) in [5.74, 6) is 0.145. The van der Waals surface area contributed by atoms with E-state index in [4.69, 9.17) is 0 Å². The van der Waals surface area contributed by atoms with Gasteiger partial charge in [-0.15, -0.1) is 11.3 Å². The lowest BCUT2D eigenvalue weighted by Crippen LogP contribution is -2.36. The normalized spacial score (nSPS) is 14.1. The molecule has 0 fully saturated rings. The Balaban J connectivity index is 0.000000139. The zero-order chi connectivity index (χ0) is 74.6. The fourth-order valence-electron chi connectivity index (χ4n) is 19.9. The Bertz CT molecular complexity index is 6860. The number of rotatable bonds is 7. The van der Waals surface area contributed by atoms with E-state index in [1.165, 1.54) is 115 Å². The lowest BCUT2D eigenvalue weighted by atomic mass is 9.60. The van der Waals surface area contributed by atoms with Crippen molar-refractivity contribution in [1.29, 1.82) is 0 Å². The first-order valence-electron chi connectivity index (χ1n) is 38.8. The molecule has 1 heterocycles. The minimum atomic E-state index is -0.720. The van der Waals surface area contributed by atoms with E-state index in [0.29, 0.717) is 0 Å². The SMILES string of the molecule is CC1(C)c2ccccc2-c2cc(-c3ccc4c(c3)C3(c5cc(-c6cc(-c7ccccc7)cc(-c7ccccc7)c6)ccc5C4=O)c4ccccc4-c4ccccc43)ccc21.O=C1c2ccc(-c3cccc(-c4ccccc4)c3)cc2C2(c3cc(-c4cccc5c4sc4ccccc45)ccc31)c1ccccc1-c1ccccc12. The van der Waals surface area contributed by atoms with Gasteiger partial charge in [-0.1, -0.05) is 341 Å². The van der Waals surface area contributed by atoms with Gasteiger partial charge in [0, 0.05) is 47.8 Å². The van der Waals surface area contributed by atoms with Gasteiger partial charge in [0.05, 0.1) is 10.8 Å². The molecule has 112 heavy (non-hydrogen) atoms. The first-order valence-corrected chi connectivity index (χ1v) is 39.6. The third kappa shape index (κ3) is 9.63. The molecule has 1 aromatic heterocycles. The molecule has 3 heteroatoms. The van der Waals surface area contributed by atoms with Crippen LogP contribution in [-0.4, -0.2) is 11.6 Å². The van der Waals surface area contributed by atoms with E-state index in [1.54, 1.807) is 0 Å². The van der Waals surface area contributed by atoms with Crippen LogP contribution in [0, 0.1) is 0 Å². The maximum atomic E-state index is 15.0. The van der Waals surface area contributed by atoms with Crippen LogP contribution in [0.3, 0.4) is 0 Å². The second kappa shape index (κ2) is 25.2. The van der Waals surface area contributed by atoms with Crippen LogP contribution in [0.4, 0.5) is 0 Å². The Labute approximate surface area is 655 Å². The van der Waals surface area contributed by atoms with Gasteiger partial charge in [-0.2, -0.15) is 0 Å². The Morgan fingerprint density at radius 1 is 0.188 bits per heavy atom. The van der Waals surface area contributed by atoms with E-state index < -0.39 is 10.8 Å². The smallest absolute Gasteiger partial charge is 0.193 e. The van der Waals surface area contributed by atoms with Gasteiger partial charge in [0.25, 0.3) is 0 Å². The number of benzene rings is 17. The molecule has 0 atom stereocenters. The fraction of sp³-hybridized carbons (Fsp3) is 0.0459. The van der Waals surface area contributed by atoms with E-state index >= 15 is 4.79 Å². The Kier molecular flexibility index (Phi) is 14.7. The quantitative estimate of drug-likeness (QED) is 0.159. The van der Waals surface area contributed by atoms with Crippen LogP contribution in [0.15, 0.2) is 388 Å². The Hall–Kier alpha value is -13.7. The van der Waals surface area contributed by atoms with Crippen molar-refractivity contribution in [1.82, 2.24) is 0 Å². The number of ketones is 2. The molecule has 23 rings (SSSR count). The standard InChI is InChI=1S/C59H40O.C50H30OS/c1-58(2)51-22-12-9-21-47(51)50-34-39(27-30-52(50)58)40-25-28-48-55(35-40)59(53-23-13-10-19-45(53)46-20-11-14-24-54(46)59)56-36-41(26-29-49(56)57(48)60)44-32-42(37-15-5-3-6-16-37)31-43(33-44)38-17-7-4-8-18-38;51-48-41-26-24-34(33-15-10-14-32(28-33)31-12-2-1-3-13-31)29-45(41)50(43-21-7-4-16-37(43)38-17-5-8-22-44(38)50)46-30-35(25-27-42(46)48)36-19-11-20-40-39-18-6-9-23-47(39)52-49(36)40/h3-36H,1-2H3;1-30H. The van der Waals surface area contributed by atoms with Crippen LogP contribution in [0.5, 0.6) is 0 Å². The van der Waals surface area contributed by atoms with Crippen LogP contribution in [0.2, 0.25) is 0 Å². The molecule has 0 amide bonds. The second-order valence-electron chi connectivity index (χ2n) is 31.1. The molecule has 524 valence electrons. The monoisotopic (exact) mass is 1440 g/mol. The molecule has 18 aromatic rings. The van der Waals surface area contributed by atoms with E-state index in [1.807, 2.05) is 11.3 Å². The number of carbonyl (C=O) groups is 2. The first kappa shape index (κ1) is 65.4. The maximum Gasteiger partial charge on any atom is 0.193 e. The summed E-state index contributed by atoms with van der Waals surface area (Å²) in [6.45, 7) is 4.65.